The van der Waals surface area contributed by atoms with Gasteiger partial charge in [-0.15, -0.1) is 0 Å². The van der Waals surface area contributed by atoms with Crippen LogP contribution in [-0.2, 0) is 4.79 Å². The van der Waals surface area contributed by atoms with Crippen molar-refractivity contribution in [3.05, 3.63) is 83.4 Å². The number of anilines is 1. The van der Waals surface area contributed by atoms with Crippen LogP contribution in [0.1, 0.15) is 11.6 Å². The van der Waals surface area contributed by atoms with Crippen LogP contribution in [-0.4, -0.2) is 18.8 Å². The van der Waals surface area contributed by atoms with E-state index in [1.54, 1.807) is 17.0 Å². The number of ether oxygens (including phenoxy) is 3. The van der Waals surface area contributed by atoms with Crippen LogP contribution in [0.15, 0.2) is 72.8 Å². The summed E-state index contributed by atoms with van der Waals surface area (Å²) in [6.07, 6.45) is -0.637. The van der Waals surface area contributed by atoms with Crippen LogP contribution in [0.2, 0.25) is 5.02 Å². The zero-order chi connectivity index (χ0) is 19.1. The van der Waals surface area contributed by atoms with Gasteiger partial charge in [-0.1, -0.05) is 41.9 Å². The number of carbonyl (C=O) groups excluding carboxylic acids is 1. The molecule has 1 fully saturated rings. The minimum absolute atomic E-state index is 0.117. The molecule has 3 aromatic rings. The number of halogens is 1. The third-order valence-electron chi connectivity index (χ3n) is 4.88. The normalized spacial score (nSPS) is 20.0. The molecular weight excluding hydrogens is 378 g/mol. The molecule has 2 aliphatic heterocycles. The number of rotatable bonds is 4. The number of nitrogens with zero attached hydrogens (tertiary/aromatic N) is 1. The monoisotopic (exact) mass is 393 g/mol. The lowest BCUT2D eigenvalue weighted by molar-refractivity contribution is -0.135. The second-order valence-electron chi connectivity index (χ2n) is 6.60. The lowest BCUT2D eigenvalue weighted by atomic mass is 9.89. The number of fused-ring (bicyclic) bond motifs is 1. The molecular formula is C22H16ClNO4. The SMILES string of the molecule is O=C1[C@@H](Oc2ccccc2)[C@@H](c2ccc3c(c2)OCO3)N1c1cccc(Cl)c1. The van der Waals surface area contributed by atoms with Gasteiger partial charge in [-0.05, 0) is 48.0 Å². The minimum atomic E-state index is -0.637. The van der Waals surface area contributed by atoms with E-state index in [-0.39, 0.29) is 18.7 Å². The number of amides is 1. The molecule has 5 rings (SSSR count). The van der Waals surface area contributed by atoms with E-state index in [2.05, 4.69) is 0 Å². The zero-order valence-electron chi connectivity index (χ0n) is 14.7. The van der Waals surface area contributed by atoms with Crippen molar-refractivity contribution < 1.29 is 19.0 Å². The molecule has 0 radical (unpaired) electrons. The van der Waals surface area contributed by atoms with E-state index >= 15 is 0 Å². The van der Waals surface area contributed by atoms with Crippen LogP contribution < -0.4 is 19.1 Å². The van der Waals surface area contributed by atoms with Crippen molar-refractivity contribution >= 4 is 23.2 Å². The molecule has 0 aromatic heterocycles. The highest BCUT2D eigenvalue weighted by Gasteiger charge is 2.51. The maximum absolute atomic E-state index is 13.0. The van der Waals surface area contributed by atoms with Gasteiger partial charge in [-0.25, -0.2) is 0 Å². The Morgan fingerprint density at radius 1 is 0.929 bits per heavy atom. The minimum Gasteiger partial charge on any atom is -0.478 e. The fourth-order valence-electron chi connectivity index (χ4n) is 3.56. The number of hydrogen-bond donors (Lipinski definition) is 0. The summed E-state index contributed by atoms with van der Waals surface area (Å²) in [5, 5.41) is 0.571. The molecule has 140 valence electrons. The third-order valence-corrected chi connectivity index (χ3v) is 5.11. The molecule has 3 aromatic carbocycles. The summed E-state index contributed by atoms with van der Waals surface area (Å²) >= 11 is 6.15. The Kier molecular flexibility index (Phi) is 4.10. The van der Waals surface area contributed by atoms with Gasteiger partial charge in [0, 0.05) is 10.7 Å². The van der Waals surface area contributed by atoms with Crippen molar-refractivity contribution in [3.63, 3.8) is 0 Å². The van der Waals surface area contributed by atoms with Crippen LogP contribution in [0.4, 0.5) is 5.69 Å². The first-order valence-electron chi connectivity index (χ1n) is 8.90. The lowest BCUT2D eigenvalue weighted by Crippen LogP contribution is -2.61. The number of carbonyl (C=O) groups is 1. The van der Waals surface area contributed by atoms with Crippen molar-refractivity contribution in [3.8, 4) is 17.2 Å². The largest absolute Gasteiger partial charge is 0.478 e. The molecule has 1 saturated heterocycles. The van der Waals surface area contributed by atoms with Gasteiger partial charge in [0.2, 0.25) is 12.9 Å². The molecule has 0 bridgehead atoms. The van der Waals surface area contributed by atoms with E-state index in [9.17, 15) is 4.79 Å². The van der Waals surface area contributed by atoms with Gasteiger partial charge in [0.15, 0.2) is 11.5 Å². The third kappa shape index (κ3) is 2.84. The quantitative estimate of drug-likeness (QED) is 0.607. The Bertz CT molecular complexity index is 1040. The van der Waals surface area contributed by atoms with Crippen molar-refractivity contribution in [2.75, 3.05) is 11.7 Å². The van der Waals surface area contributed by atoms with Gasteiger partial charge < -0.3 is 14.2 Å². The number of β-lactam (4-membered cyclic amide) rings is 1. The molecule has 28 heavy (non-hydrogen) atoms. The molecule has 6 heteroatoms. The van der Waals surface area contributed by atoms with E-state index in [4.69, 9.17) is 25.8 Å². The van der Waals surface area contributed by atoms with Gasteiger partial charge in [0.05, 0.1) is 0 Å². The highest BCUT2D eigenvalue weighted by molar-refractivity contribution is 6.31. The Morgan fingerprint density at radius 2 is 1.75 bits per heavy atom. The van der Waals surface area contributed by atoms with Crippen molar-refractivity contribution in [2.45, 2.75) is 12.1 Å². The standard InChI is InChI=1S/C22H16ClNO4/c23-15-5-4-6-16(12-15)24-20(14-9-10-18-19(11-14)27-13-26-18)21(22(24)25)28-17-7-2-1-3-8-17/h1-12,20-21H,13H2/t20-,21+/m1/s1. The van der Waals surface area contributed by atoms with E-state index in [1.807, 2.05) is 60.7 Å². The maximum Gasteiger partial charge on any atom is 0.271 e. The summed E-state index contributed by atoms with van der Waals surface area (Å²) in [4.78, 5) is 14.7. The fourth-order valence-corrected chi connectivity index (χ4v) is 3.74. The number of hydrogen-bond acceptors (Lipinski definition) is 4. The zero-order valence-corrected chi connectivity index (χ0v) is 15.5. The van der Waals surface area contributed by atoms with Gasteiger partial charge in [-0.3, -0.25) is 9.69 Å². The highest BCUT2D eigenvalue weighted by atomic mass is 35.5. The number of benzene rings is 3. The van der Waals surface area contributed by atoms with Crippen molar-refractivity contribution in [2.24, 2.45) is 0 Å². The maximum atomic E-state index is 13.0. The van der Waals surface area contributed by atoms with Gasteiger partial charge in [-0.2, -0.15) is 0 Å². The van der Waals surface area contributed by atoms with E-state index < -0.39 is 6.10 Å². The van der Waals surface area contributed by atoms with E-state index in [0.717, 1.165) is 11.3 Å². The Balaban J connectivity index is 1.53. The van der Waals surface area contributed by atoms with Crippen LogP contribution in [0.5, 0.6) is 17.2 Å². The van der Waals surface area contributed by atoms with Crippen LogP contribution >= 0.6 is 11.6 Å². The first kappa shape index (κ1) is 17.0. The highest BCUT2D eigenvalue weighted by Crippen LogP contribution is 2.44. The van der Waals surface area contributed by atoms with Crippen molar-refractivity contribution in [1.82, 2.24) is 0 Å². The summed E-state index contributed by atoms with van der Waals surface area (Å²) in [6.45, 7) is 0.199. The Morgan fingerprint density at radius 3 is 2.57 bits per heavy atom. The van der Waals surface area contributed by atoms with Gasteiger partial charge in [0.1, 0.15) is 11.8 Å². The molecule has 0 spiro atoms. The Labute approximate surface area is 167 Å². The topological polar surface area (TPSA) is 48.0 Å². The average Bonchev–Trinajstić information content (AvgIpc) is 3.18. The second-order valence-corrected chi connectivity index (χ2v) is 7.03. The molecule has 0 aliphatic carbocycles. The molecule has 5 nitrogen and oxygen atoms in total. The Hall–Kier alpha value is -3.18. The van der Waals surface area contributed by atoms with Crippen molar-refractivity contribution in [1.29, 1.82) is 0 Å². The second kappa shape index (κ2) is 6.77. The first-order valence-corrected chi connectivity index (χ1v) is 9.28. The first-order chi connectivity index (χ1) is 13.7. The molecule has 0 N–H and O–H groups in total. The molecule has 2 heterocycles. The summed E-state index contributed by atoms with van der Waals surface area (Å²) in [5.41, 5.74) is 1.64. The molecule has 2 aliphatic rings. The summed E-state index contributed by atoms with van der Waals surface area (Å²) < 4.78 is 16.9. The summed E-state index contributed by atoms with van der Waals surface area (Å²) in [6, 6.07) is 22.0. The number of para-hydroxylation sites is 1. The summed E-state index contributed by atoms with van der Waals surface area (Å²) in [7, 11) is 0. The van der Waals surface area contributed by atoms with Gasteiger partial charge >= 0.3 is 0 Å². The van der Waals surface area contributed by atoms with E-state index in [0.29, 0.717) is 22.3 Å². The molecule has 0 unspecified atom stereocenters. The predicted molar refractivity (Wildman–Crippen MR) is 105 cm³/mol. The van der Waals surface area contributed by atoms with Crippen LogP contribution in [0.3, 0.4) is 0 Å². The molecule has 1 amide bonds. The molecule has 2 atom stereocenters. The van der Waals surface area contributed by atoms with Crippen LogP contribution in [0.25, 0.3) is 0 Å². The fraction of sp³-hybridized carbons (Fsp3) is 0.136. The van der Waals surface area contributed by atoms with Gasteiger partial charge in [0.25, 0.3) is 5.91 Å². The lowest BCUT2D eigenvalue weighted by Gasteiger charge is -2.46. The summed E-state index contributed by atoms with van der Waals surface area (Å²) in [5.74, 6) is 1.90. The van der Waals surface area contributed by atoms with E-state index in [1.165, 1.54) is 0 Å². The smallest absolute Gasteiger partial charge is 0.271 e. The van der Waals surface area contributed by atoms with Crippen LogP contribution in [0, 0.1) is 0 Å². The average molecular weight is 394 g/mol. The molecule has 0 saturated carbocycles. The predicted octanol–water partition coefficient (Wildman–Crippen LogP) is 4.60.